The second-order valence-electron chi connectivity index (χ2n) is 4.53. The van der Waals surface area contributed by atoms with E-state index in [1.54, 1.807) is 0 Å². The number of carbonyl (C=O) groups is 3. The van der Waals surface area contributed by atoms with Crippen LogP contribution in [0.5, 0.6) is 11.5 Å². The molecule has 0 aliphatic rings. The Morgan fingerprint density at radius 2 is 1.76 bits per heavy atom. The van der Waals surface area contributed by atoms with Crippen molar-refractivity contribution in [1.82, 2.24) is 10.9 Å². The summed E-state index contributed by atoms with van der Waals surface area (Å²) in [5.74, 6) is -2.36. The maximum atomic E-state index is 11.9. The minimum Gasteiger partial charge on any atom is -0.495 e. The van der Waals surface area contributed by atoms with Gasteiger partial charge in [0.15, 0.2) is 5.76 Å². The summed E-state index contributed by atoms with van der Waals surface area (Å²) in [5, 5.41) is 2.60. The van der Waals surface area contributed by atoms with Crippen LogP contribution in [0.1, 0.15) is 10.6 Å². The molecule has 1 heterocycles. The highest BCUT2D eigenvalue weighted by atomic mass is 35.5. The molecule has 0 saturated carbocycles. The minimum absolute atomic E-state index is 0.0233. The standard InChI is InChI=1S/C15H14ClN3O6/c1-23-11-7-9(12(24-2)6-8(11)16)17-14(21)15(22)19-18-13(20)10-4-3-5-25-10/h3-7H,1-2H3,(H,17,21)(H,18,20)(H,19,22). The summed E-state index contributed by atoms with van der Waals surface area (Å²) in [6.45, 7) is 0. The van der Waals surface area contributed by atoms with Gasteiger partial charge in [0.05, 0.1) is 31.2 Å². The molecule has 2 aromatic rings. The SMILES string of the molecule is COc1cc(NC(=O)C(=O)NNC(=O)c2ccco2)c(OC)cc1Cl. The molecule has 0 saturated heterocycles. The summed E-state index contributed by atoms with van der Waals surface area (Å²) < 4.78 is 15.0. The molecule has 0 spiro atoms. The van der Waals surface area contributed by atoms with Crippen molar-refractivity contribution < 1.29 is 28.3 Å². The first-order valence-electron chi connectivity index (χ1n) is 6.83. The Hall–Kier alpha value is -3.20. The van der Waals surface area contributed by atoms with Crippen molar-refractivity contribution in [1.29, 1.82) is 0 Å². The van der Waals surface area contributed by atoms with Crippen LogP contribution < -0.4 is 25.6 Å². The number of halogens is 1. The highest BCUT2D eigenvalue weighted by Gasteiger charge is 2.19. The summed E-state index contributed by atoms with van der Waals surface area (Å²) in [6, 6.07) is 5.72. The summed E-state index contributed by atoms with van der Waals surface area (Å²) in [4.78, 5) is 35.3. The number of amides is 3. The average molecular weight is 368 g/mol. The topological polar surface area (TPSA) is 119 Å². The maximum Gasteiger partial charge on any atom is 0.328 e. The number of methoxy groups -OCH3 is 2. The Balaban J connectivity index is 2.01. The first kappa shape index (κ1) is 18.1. The van der Waals surface area contributed by atoms with E-state index in [2.05, 4.69) is 5.32 Å². The summed E-state index contributed by atoms with van der Waals surface area (Å²) in [6.07, 6.45) is 1.30. The third-order valence-electron chi connectivity index (χ3n) is 2.96. The molecule has 0 aliphatic heterocycles. The fraction of sp³-hybridized carbons (Fsp3) is 0.133. The van der Waals surface area contributed by atoms with E-state index in [4.69, 9.17) is 25.5 Å². The number of hydrazine groups is 1. The Morgan fingerprint density at radius 1 is 1.04 bits per heavy atom. The van der Waals surface area contributed by atoms with Gasteiger partial charge in [-0.1, -0.05) is 11.6 Å². The molecule has 0 bridgehead atoms. The zero-order valence-electron chi connectivity index (χ0n) is 13.2. The van der Waals surface area contributed by atoms with E-state index in [1.807, 2.05) is 10.9 Å². The molecule has 1 aromatic carbocycles. The van der Waals surface area contributed by atoms with Gasteiger partial charge in [-0.2, -0.15) is 0 Å². The van der Waals surface area contributed by atoms with Crippen molar-refractivity contribution in [3.63, 3.8) is 0 Å². The van der Waals surface area contributed by atoms with Crippen LogP contribution in [0, 0.1) is 0 Å². The van der Waals surface area contributed by atoms with Gasteiger partial charge in [-0.25, -0.2) is 0 Å². The van der Waals surface area contributed by atoms with Gasteiger partial charge in [-0.15, -0.1) is 0 Å². The first-order chi connectivity index (χ1) is 12.0. The van der Waals surface area contributed by atoms with E-state index >= 15 is 0 Å². The molecule has 0 aliphatic carbocycles. The van der Waals surface area contributed by atoms with Crippen LogP contribution in [0.25, 0.3) is 0 Å². The number of hydrogen-bond acceptors (Lipinski definition) is 6. The molecule has 0 radical (unpaired) electrons. The fourth-order valence-corrected chi connectivity index (χ4v) is 2.01. The monoisotopic (exact) mass is 367 g/mol. The van der Waals surface area contributed by atoms with Gasteiger partial charge < -0.3 is 19.2 Å². The number of benzene rings is 1. The molecular formula is C15H14ClN3O6. The zero-order chi connectivity index (χ0) is 18.4. The lowest BCUT2D eigenvalue weighted by molar-refractivity contribution is -0.136. The summed E-state index contributed by atoms with van der Waals surface area (Å²) in [5.41, 5.74) is 4.17. The molecular weight excluding hydrogens is 354 g/mol. The highest BCUT2D eigenvalue weighted by molar-refractivity contribution is 6.40. The van der Waals surface area contributed by atoms with E-state index < -0.39 is 17.7 Å². The van der Waals surface area contributed by atoms with Crippen molar-refractivity contribution in [3.8, 4) is 11.5 Å². The largest absolute Gasteiger partial charge is 0.495 e. The fourth-order valence-electron chi connectivity index (χ4n) is 1.78. The lowest BCUT2D eigenvalue weighted by Gasteiger charge is -2.13. The molecule has 2 rings (SSSR count). The van der Waals surface area contributed by atoms with Crippen molar-refractivity contribution >= 4 is 35.0 Å². The van der Waals surface area contributed by atoms with Crippen LogP contribution in [0.15, 0.2) is 34.9 Å². The van der Waals surface area contributed by atoms with Crippen molar-refractivity contribution in [2.75, 3.05) is 19.5 Å². The number of hydrogen-bond donors (Lipinski definition) is 3. The Kier molecular flexibility index (Phi) is 5.85. The lowest BCUT2D eigenvalue weighted by atomic mass is 10.2. The number of nitrogens with one attached hydrogen (secondary N) is 3. The predicted octanol–water partition coefficient (Wildman–Crippen LogP) is 1.35. The van der Waals surface area contributed by atoms with Crippen LogP contribution in [0.3, 0.4) is 0 Å². The minimum atomic E-state index is -1.10. The van der Waals surface area contributed by atoms with Gasteiger partial charge in [0.25, 0.3) is 0 Å². The molecule has 0 unspecified atom stereocenters. The molecule has 1 aromatic heterocycles. The quantitative estimate of drug-likeness (QED) is 0.554. The first-order valence-corrected chi connectivity index (χ1v) is 7.20. The molecule has 3 amide bonds. The molecule has 9 nitrogen and oxygen atoms in total. The second kappa shape index (κ2) is 8.06. The third kappa shape index (κ3) is 4.42. The lowest BCUT2D eigenvalue weighted by Crippen LogP contribution is -2.46. The van der Waals surface area contributed by atoms with Crippen molar-refractivity contribution in [3.05, 3.63) is 41.3 Å². The van der Waals surface area contributed by atoms with Crippen molar-refractivity contribution in [2.45, 2.75) is 0 Å². The van der Waals surface area contributed by atoms with E-state index in [0.29, 0.717) is 0 Å². The smallest absolute Gasteiger partial charge is 0.328 e. The summed E-state index contributed by atoms with van der Waals surface area (Å²) in [7, 11) is 2.77. The number of anilines is 1. The van der Waals surface area contributed by atoms with E-state index in [0.717, 1.165) is 0 Å². The number of rotatable bonds is 4. The molecule has 25 heavy (non-hydrogen) atoms. The molecule has 132 valence electrons. The Bertz CT molecular complexity index is 791. The van der Waals surface area contributed by atoms with Crippen LogP contribution in [-0.4, -0.2) is 31.9 Å². The van der Waals surface area contributed by atoms with Gasteiger partial charge >= 0.3 is 17.7 Å². The molecule has 0 atom stereocenters. The van der Waals surface area contributed by atoms with Crippen LogP contribution in [0.2, 0.25) is 5.02 Å². The predicted molar refractivity (Wildman–Crippen MR) is 87.5 cm³/mol. The van der Waals surface area contributed by atoms with E-state index in [-0.39, 0.29) is 28.0 Å². The maximum absolute atomic E-state index is 11.9. The highest BCUT2D eigenvalue weighted by Crippen LogP contribution is 2.35. The Labute approximate surface area is 147 Å². The molecule has 0 fully saturated rings. The van der Waals surface area contributed by atoms with Crippen LogP contribution >= 0.6 is 11.6 Å². The number of furan rings is 1. The average Bonchev–Trinajstić information content (AvgIpc) is 3.15. The second-order valence-corrected chi connectivity index (χ2v) is 4.93. The van der Waals surface area contributed by atoms with Gasteiger partial charge in [-0.3, -0.25) is 25.2 Å². The van der Waals surface area contributed by atoms with Crippen LogP contribution in [0.4, 0.5) is 5.69 Å². The molecule has 10 heteroatoms. The van der Waals surface area contributed by atoms with E-state index in [9.17, 15) is 14.4 Å². The normalized spacial score (nSPS) is 9.88. The van der Waals surface area contributed by atoms with Gasteiger partial charge in [0, 0.05) is 12.1 Å². The number of ether oxygens (including phenoxy) is 2. The van der Waals surface area contributed by atoms with Gasteiger partial charge in [0.1, 0.15) is 11.5 Å². The van der Waals surface area contributed by atoms with Crippen LogP contribution in [-0.2, 0) is 9.59 Å². The summed E-state index contributed by atoms with van der Waals surface area (Å²) >= 11 is 5.96. The number of carbonyl (C=O) groups excluding carboxylic acids is 3. The van der Waals surface area contributed by atoms with Gasteiger partial charge in [-0.05, 0) is 12.1 Å². The Morgan fingerprint density at radius 3 is 2.36 bits per heavy atom. The third-order valence-corrected chi connectivity index (χ3v) is 3.26. The molecule has 3 N–H and O–H groups in total. The van der Waals surface area contributed by atoms with E-state index in [1.165, 1.54) is 44.7 Å². The van der Waals surface area contributed by atoms with Gasteiger partial charge in [0.2, 0.25) is 0 Å². The zero-order valence-corrected chi connectivity index (χ0v) is 14.0. The van der Waals surface area contributed by atoms with Crippen molar-refractivity contribution in [2.24, 2.45) is 0 Å².